The molecule has 0 aliphatic rings. The Bertz CT molecular complexity index is 1900. The highest BCUT2D eigenvalue weighted by Crippen LogP contribution is 2.34. The number of allylic oxidation sites excluding steroid dienone is 1. The van der Waals surface area contributed by atoms with Crippen molar-refractivity contribution in [2.24, 2.45) is 5.92 Å². The number of hydrogen-bond donors (Lipinski definition) is 3. The molecule has 2 aromatic carbocycles. The standard InChI is InChI=1S/C32H31FN8/c1-18(2)19(3)36-25-11-23(13-34-14-25)21-6-7-28-26(12-21)31(40-39-28)32-37-29-16-35-15-27(30(29)38-32)22-8-20(17-41(4)5)9-24(33)10-22/h6-16,18,36H,3,17H2,1-2,4-5H3,(H,37,38)(H,39,40). The van der Waals surface area contributed by atoms with Gasteiger partial charge in [-0.2, -0.15) is 5.10 Å². The number of H-pyrrole nitrogens is 2. The highest BCUT2D eigenvalue weighted by Gasteiger charge is 2.17. The minimum atomic E-state index is -0.291. The fourth-order valence-corrected chi connectivity index (χ4v) is 4.89. The largest absolute Gasteiger partial charge is 0.358 e. The Morgan fingerprint density at radius 2 is 1.78 bits per heavy atom. The Hall–Kier alpha value is -4.89. The van der Waals surface area contributed by atoms with Gasteiger partial charge in [0.2, 0.25) is 0 Å². The quantitative estimate of drug-likeness (QED) is 0.190. The summed E-state index contributed by atoms with van der Waals surface area (Å²) in [7, 11) is 3.92. The third kappa shape index (κ3) is 5.31. The number of aromatic amines is 2. The maximum atomic E-state index is 14.6. The van der Waals surface area contributed by atoms with Crippen molar-refractivity contribution in [2.45, 2.75) is 20.4 Å². The molecule has 6 aromatic rings. The molecule has 0 saturated heterocycles. The van der Waals surface area contributed by atoms with Crippen LogP contribution >= 0.6 is 0 Å². The van der Waals surface area contributed by atoms with Gasteiger partial charge in [0.25, 0.3) is 0 Å². The number of hydrogen-bond acceptors (Lipinski definition) is 6. The molecule has 0 bridgehead atoms. The van der Waals surface area contributed by atoms with Gasteiger partial charge in [-0.15, -0.1) is 0 Å². The van der Waals surface area contributed by atoms with Crippen LogP contribution in [0.2, 0.25) is 0 Å². The van der Waals surface area contributed by atoms with Gasteiger partial charge >= 0.3 is 0 Å². The normalized spacial score (nSPS) is 11.7. The van der Waals surface area contributed by atoms with Gasteiger partial charge in [0.05, 0.1) is 34.6 Å². The van der Waals surface area contributed by atoms with Crippen molar-refractivity contribution in [2.75, 3.05) is 19.4 Å². The summed E-state index contributed by atoms with van der Waals surface area (Å²) in [5, 5.41) is 12.0. The average Bonchev–Trinajstić information content (AvgIpc) is 3.56. The van der Waals surface area contributed by atoms with Crippen molar-refractivity contribution in [1.82, 2.24) is 35.0 Å². The van der Waals surface area contributed by atoms with Crippen molar-refractivity contribution in [3.05, 3.63) is 90.9 Å². The summed E-state index contributed by atoms with van der Waals surface area (Å²) in [6.07, 6.45) is 7.09. The van der Waals surface area contributed by atoms with Gasteiger partial charge in [-0.05, 0) is 73.1 Å². The number of halogens is 1. The van der Waals surface area contributed by atoms with E-state index < -0.39 is 0 Å². The van der Waals surface area contributed by atoms with Crippen molar-refractivity contribution in [3.63, 3.8) is 0 Å². The molecule has 0 aliphatic heterocycles. The van der Waals surface area contributed by atoms with Gasteiger partial charge < -0.3 is 15.2 Å². The van der Waals surface area contributed by atoms with Crippen molar-refractivity contribution >= 4 is 27.6 Å². The van der Waals surface area contributed by atoms with Crippen LogP contribution in [0.25, 0.3) is 55.7 Å². The minimum Gasteiger partial charge on any atom is -0.358 e. The second-order valence-electron chi connectivity index (χ2n) is 10.9. The lowest BCUT2D eigenvalue weighted by Gasteiger charge is -2.13. The number of pyridine rings is 2. The van der Waals surface area contributed by atoms with Crippen LogP contribution in [0.5, 0.6) is 0 Å². The molecule has 0 amide bonds. The summed E-state index contributed by atoms with van der Waals surface area (Å²) in [6, 6.07) is 13.2. The maximum absolute atomic E-state index is 14.6. The Morgan fingerprint density at radius 3 is 2.59 bits per heavy atom. The van der Waals surface area contributed by atoms with Gasteiger partial charge in [0.15, 0.2) is 5.82 Å². The average molecular weight is 547 g/mol. The van der Waals surface area contributed by atoms with E-state index in [1.807, 2.05) is 43.4 Å². The van der Waals surface area contributed by atoms with E-state index in [4.69, 9.17) is 4.98 Å². The number of imidazole rings is 1. The van der Waals surface area contributed by atoms with Crippen molar-refractivity contribution < 1.29 is 4.39 Å². The zero-order valence-corrected chi connectivity index (χ0v) is 23.5. The molecule has 8 nitrogen and oxygen atoms in total. The molecule has 0 radical (unpaired) electrons. The monoisotopic (exact) mass is 546 g/mol. The lowest BCUT2D eigenvalue weighted by Crippen LogP contribution is -2.10. The zero-order chi connectivity index (χ0) is 28.7. The molecule has 3 N–H and O–H groups in total. The Morgan fingerprint density at radius 1 is 0.951 bits per heavy atom. The molecule has 0 unspecified atom stereocenters. The second-order valence-corrected chi connectivity index (χ2v) is 10.9. The number of nitrogens with one attached hydrogen (secondary N) is 3. The Balaban J connectivity index is 1.40. The SMILES string of the molecule is C=C(Nc1cncc(-c2ccc3[nH]nc(-c4nc5c(-c6cc(F)cc(CN(C)C)c6)cncc5[nH]4)c3c2)c1)C(C)C. The third-order valence-corrected chi connectivity index (χ3v) is 7.02. The molecular weight excluding hydrogens is 515 g/mol. The van der Waals surface area contributed by atoms with Gasteiger partial charge in [-0.3, -0.25) is 15.1 Å². The summed E-state index contributed by atoms with van der Waals surface area (Å²) in [4.78, 5) is 19.1. The van der Waals surface area contributed by atoms with E-state index in [1.165, 1.54) is 6.07 Å². The van der Waals surface area contributed by atoms with Crippen LogP contribution in [0.3, 0.4) is 0 Å². The summed E-state index contributed by atoms with van der Waals surface area (Å²) in [5.41, 5.74) is 9.17. The van der Waals surface area contributed by atoms with E-state index in [2.05, 4.69) is 63.0 Å². The first-order valence-corrected chi connectivity index (χ1v) is 13.4. The fourth-order valence-electron chi connectivity index (χ4n) is 4.89. The molecule has 6 rings (SSSR count). The molecule has 4 heterocycles. The lowest BCUT2D eigenvalue weighted by atomic mass is 10.0. The van der Waals surface area contributed by atoms with Gasteiger partial charge in [-0.1, -0.05) is 26.5 Å². The summed E-state index contributed by atoms with van der Waals surface area (Å²) < 4.78 is 14.6. The smallest absolute Gasteiger partial charge is 0.159 e. The molecule has 0 spiro atoms. The zero-order valence-electron chi connectivity index (χ0n) is 23.5. The van der Waals surface area contributed by atoms with Crippen LogP contribution in [-0.4, -0.2) is 49.1 Å². The van der Waals surface area contributed by atoms with Crippen LogP contribution in [0, 0.1) is 11.7 Å². The minimum absolute atomic E-state index is 0.291. The number of nitrogens with zero attached hydrogens (tertiary/aromatic N) is 5. The van der Waals surface area contributed by atoms with E-state index >= 15 is 0 Å². The van der Waals surface area contributed by atoms with Crippen LogP contribution < -0.4 is 5.32 Å². The number of benzene rings is 2. The second kappa shape index (κ2) is 10.6. The van der Waals surface area contributed by atoms with Crippen LogP contribution in [0.4, 0.5) is 10.1 Å². The summed E-state index contributed by atoms with van der Waals surface area (Å²) in [6.45, 7) is 8.93. The fraction of sp³-hybridized carbons (Fsp3) is 0.188. The molecule has 0 aliphatic carbocycles. The Kier molecular flexibility index (Phi) is 6.80. The van der Waals surface area contributed by atoms with E-state index in [1.54, 1.807) is 24.7 Å². The van der Waals surface area contributed by atoms with Crippen LogP contribution in [0.1, 0.15) is 19.4 Å². The number of fused-ring (bicyclic) bond motifs is 2. The first-order chi connectivity index (χ1) is 19.7. The summed E-state index contributed by atoms with van der Waals surface area (Å²) >= 11 is 0. The molecule has 41 heavy (non-hydrogen) atoms. The van der Waals surface area contributed by atoms with Crippen molar-refractivity contribution in [1.29, 1.82) is 0 Å². The first-order valence-electron chi connectivity index (χ1n) is 13.4. The number of rotatable bonds is 8. The Labute approximate surface area is 237 Å². The maximum Gasteiger partial charge on any atom is 0.159 e. The molecule has 4 aromatic heterocycles. The molecule has 206 valence electrons. The molecular formula is C32H31FN8. The van der Waals surface area contributed by atoms with Gasteiger partial charge in [0, 0.05) is 41.1 Å². The van der Waals surface area contributed by atoms with Crippen molar-refractivity contribution in [3.8, 4) is 33.8 Å². The molecule has 0 saturated carbocycles. The molecule has 9 heteroatoms. The predicted molar refractivity (Wildman–Crippen MR) is 163 cm³/mol. The van der Waals surface area contributed by atoms with E-state index in [9.17, 15) is 4.39 Å². The van der Waals surface area contributed by atoms with Gasteiger partial charge in [-0.25, -0.2) is 9.37 Å². The summed E-state index contributed by atoms with van der Waals surface area (Å²) in [5.74, 6) is 0.619. The highest BCUT2D eigenvalue weighted by atomic mass is 19.1. The van der Waals surface area contributed by atoms with E-state index in [-0.39, 0.29) is 5.82 Å². The predicted octanol–water partition coefficient (Wildman–Crippen LogP) is 7.01. The van der Waals surface area contributed by atoms with Gasteiger partial charge in [0.1, 0.15) is 11.5 Å². The number of anilines is 1. The lowest BCUT2D eigenvalue weighted by molar-refractivity contribution is 0.401. The van der Waals surface area contributed by atoms with E-state index in [0.717, 1.165) is 55.6 Å². The molecule has 0 fully saturated rings. The first kappa shape index (κ1) is 26.3. The van der Waals surface area contributed by atoms with Crippen LogP contribution in [0.15, 0.2) is 79.5 Å². The van der Waals surface area contributed by atoms with E-state index in [0.29, 0.717) is 29.5 Å². The number of aromatic nitrogens is 6. The molecule has 0 atom stereocenters. The van der Waals surface area contributed by atoms with Crippen LogP contribution in [-0.2, 0) is 6.54 Å². The topological polar surface area (TPSA) is 98.4 Å². The third-order valence-electron chi connectivity index (χ3n) is 7.02. The highest BCUT2D eigenvalue weighted by molar-refractivity contribution is 5.98.